The molecule has 0 radical (unpaired) electrons. The Morgan fingerprint density at radius 2 is 2.40 bits per heavy atom. The minimum absolute atomic E-state index is 0.428. The van der Waals surface area contributed by atoms with E-state index in [1.54, 1.807) is 11.3 Å². The Morgan fingerprint density at radius 3 is 3.20 bits per heavy atom. The van der Waals surface area contributed by atoms with Crippen molar-refractivity contribution < 1.29 is 4.79 Å². The number of thiophene rings is 1. The lowest BCUT2D eigenvalue weighted by molar-refractivity contribution is 0.0994. The maximum absolute atomic E-state index is 11.1. The van der Waals surface area contributed by atoms with Crippen LogP contribution in [0.5, 0.6) is 0 Å². The molecule has 0 unspecified atom stereocenters. The van der Waals surface area contributed by atoms with Crippen LogP contribution in [0.2, 0.25) is 0 Å². The first-order chi connectivity index (χ1) is 7.27. The summed E-state index contributed by atoms with van der Waals surface area (Å²) in [6.45, 7) is 0. The van der Waals surface area contributed by atoms with E-state index in [9.17, 15) is 4.79 Å². The Kier molecular flexibility index (Phi) is 1.70. The van der Waals surface area contributed by atoms with Gasteiger partial charge in [-0.1, -0.05) is 0 Å². The first kappa shape index (κ1) is 8.67. The third-order valence-corrected chi connectivity index (χ3v) is 3.70. The zero-order valence-corrected chi connectivity index (χ0v) is 8.73. The molecule has 0 saturated carbocycles. The number of aromatic amines is 1. The summed E-state index contributed by atoms with van der Waals surface area (Å²) in [5.41, 5.74) is 8.73. The van der Waals surface area contributed by atoms with Crippen molar-refractivity contribution in [2.75, 3.05) is 0 Å². The number of H-pyrrole nitrogens is 1. The van der Waals surface area contributed by atoms with Crippen LogP contribution in [0.3, 0.4) is 0 Å². The summed E-state index contributed by atoms with van der Waals surface area (Å²) in [4.78, 5) is 12.5. The molecule has 0 aliphatic heterocycles. The second-order valence-electron chi connectivity index (χ2n) is 3.55. The van der Waals surface area contributed by atoms with Crippen LogP contribution >= 0.6 is 11.3 Å². The first-order valence-electron chi connectivity index (χ1n) is 4.71. The van der Waals surface area contributed by atoms with Gasteiger partial charge in [-0.25, -0.2) is 0 Å². The molecule has 0 spiro atoms. The lowest BCUT2D eigenvalue weighted by Crippen LogP contribution is -2.15. The number of hydrogen-bond acceptors (Lipinski definition) is 3. The molecule has 76 valence electrons. The third-order valence-electron chi connectivity index (χ3n) is 2.72. The Morgan fingerprint density at radius 1 is 1.53 bits per heavy atom. The van der Waals surface area contributed by atoms with Crippen LogP contribution in [0.1, 0.15) is 20.9 Å². The number of aryl methyl sites for hydroxylation is 1. The van der Waals surface area contributed by atoms with Crippen molar-refractivity contribution in [3.63, 3.8) is 0 Å². The SMILES string of the molecule is NC(=O)c1[nH]nc2c1CCc1sccc1-2. The average Bonchev–Trinajstić information content (AvgIpc) is 2.82. The fraction of sp³-hybridized carbons (Fsp3) is 0.200. The molecule has 0 bridgehead atoms. The number of amides is 1. The van der Waals surface area contributed by atoms with Gasteiger partial charge in [-0.3, -0.25) is 9.89 Å². The van der Waals surface area contributed by atoms with Gasteiger partial charge in [0, 0.05) is 16.0 Å². The van der Waals surface area contributed by atoms with E-state index in [1.165, 1.54) is 4.88 Å². The van der Waals surface area contributed by atoms with Crippen LogP contribution in [0.15, 0.2) is 11.4 Å². The third kappa shape index (κ3) is 1.13. The average molecular weight is 219 g/mol. The van der Waals surface area contributed by atoms with Crippen LogP contribution < -0.4 is 5.73 Å². The lowest BCUT2D eigenvalue weighted by atomic mass is 9.95. The van der Waals surface area contributed by atoms with Gasteiger partial charge < -0.3 is 5.73 Å². The standard InChI is InChI=1S/C10H9N3OS/c11-10(14)9-6-1-2-7-5(3-4-15-7)8(6)12-13-9/h3-4H,1-2H2,(H2,11,14)(H,12,13). The van der Waals surface area contributed by atoms with Crippen molar-refractivity contribution in [3.8, 4) is 11.3 Å². The molecule has 2 heterocycles. The number of hydrogen-bond donors (Lipinski definition) is 2. The van der Waals surface area contributed by atoms with Crippen molar-refractivity contribution in [1.29, 1.82) is 0 Å². The fourth-order valence-electron chi connectivity index (χ4n) is 2.02. The van der Waals surface area contributed by atoms with E-state index in [0.29, 0.717) is 5.69 Å². The molecule has 4 nitrogen and oxygen atoms in total. The Bertz CT molecular complexity index is 541. The van der Waals surface area contributed by atoms with Crippen molar-refractivity contribution in [3.05, 3.63) is 27.6 Å². The molecule has 3 rings (SSSR count). The first-order valence-corrected chi connectivity index (χ1v) is 5.59. The lowest BCUT2D eigenvalue weighted by Gasteiger charge is -2.10. The van der Waals surface area contributed by atoms with Crippen LogP contribution in [0.25, 0.3) is 11.3 Å². The quantitative estimate of drug-likeness (QED) is 0.759. The summed E-state index contributed by atoms with van der Waals surface area (Å²) in [6.07, 6.45) is 1.82. The zero-order valence-electron chi connectivity index (χ0n) is 7.91. The minimum atomic E-state index is -0.428. The highest BCUT2D eigenvalue weighted by molar-refractivity contribution is 7.10. The van der Waals surface area contributed by atoms with Crippen molar-refractivity contribution in [2.24, 2.45) is 5.73 Å². The largest absolute Gasteiger partial charge is 0.364 e. The summed E-state index contributed by atoms with van der Waals surface area (Å²) in [5, 5.41) is 8.95. The molecule has 1 aliphatic carbocycles. The molecule has 0 fully saturated rings. The minimum Gasteiger partial charge on any atom is -0.364 e. The van der Waals surface area contributed by atoms with Gasteiger partial charge in [0.15, 0.2) is 0 Å². The maximum atomic E-state index is 11.1. The van der Waals surface area contributed by atoms with Crippen molar-refractivity contribution in [1.82, 2.24) is 10.2 Å². The highest BCUT2D eigenvalue weighted by Gasteiger charge is 2.24. The van der Waals surface area contributed by atoms with Crippen LogP contribution in [-0.2, 0) is 12.8 Å². The predicted octanol–water partition coefficient (Wildman–Crippen LogP) is 1.34. The molecule has 2 aromatic rings. The zero-order chi connectivity index (χ0) is 10.4. The number of nitrogens with two attached hydrogens (primary N) is 1. The van der Waals surface area contributed by atoms with Crippen molar-refractivity contribution in [2.45, 2.75) is 12.8 Å². The fourth-order valence-corrected chi connectivity index (χ4v) is 2.90. The van der Waals surface area contributed by atoms with Gasteiger partial charge in [0.25, 0.3) is 5.91 Å². The molecule has 1 aliphatic rings. The molecule has 3 N–H and O–H groups in total. The number of primary amides is 1. The Hall–Kier alpha value is -1.62. The molecular weight excluding hydrogens is 210 g/mol. The second-order valence-corrected chi connectivity index (χ2v) is 4.55. The molecular formula is C10H9N3OS. The van der Waals surface area contributed by atoms with Gasteiger partial charge in [-0.05, 0) is 24.3 Å². The van der Waals surface area contributed by atoms with E-state index in [0.717, 1.165) is 29.7 Å². The van der Waals surface area contributed by atoms with Gasteiger partial charge in [-0.2, -0.15) is 5.10 Å². The number of nitrogens with one attached hydrogen (secondary N) is 1. The Balaban J connectivity index is 2.23. The summed E-state index contributed by atoms with van der Waals surface area (Å²) >= 11 is 1.74. The van der Waals surface area contributed by atoms with E-state index in [1.807, 2.05) is 6.07 Å². The number of aromatic nitrogens is 2. The highest BCUT2D eigenvalue weighted by Crippen LogP contribution is 2.36. The van der Waals surface area contributed by atoms with Gasteiger partial charge in [-0.15, -0.1) is 11.3 Å². The molecule has 1 amide bonds. The molecule has 0 aromatic carbocycles. The Labute approximate surface area is 90.1 Å². The monoisotopic (exact) mass is 219 g/mol. The van der Waals surface area contributed by atoms with Crippen molar-refractivity contribution >= 4 is 17.2 Å². The topological polar surface area (TPSA) is 71.8 Å². The number of carbonyl (C=O) groups is 1. The van der Waals surface area contributed by atoms with Crippen LogP contribution in [-0.4, -0.2) is 16.1 Å². The van der Waals surface area contributed by atoms with E-state index in [2.05, 4.69) is 15.6 Å². The van der Waals surface area contributed by atoms with Crippen LogP contribution in [0.4, 0.5) is 0 Å². The van der Waals surface area contributed by atoms with Gasteiger partial charge in [0.2, 0.25) is 0 Å². The molecule has 15 heavy (non-hydrogen) atoms. The molecule has 5 heteroatoms. The van der Waals surface area contributed by atoms with Gasteiger partial charge in [0.05, 0.1) is 5.69 Å². The summed E-state index contributed by atoms with van der Waals surface area (Å²) in [5.74, 6) is -0.428. The molecule has 2 aromatic heterocycles. The molecule has 0 saturated heterocycles. The van der Waals surface area contributed by atoms with E-state index >= 15 is 0 Å². The highest BCUT2D eigenvalue weighted by atomic mass is 32.1. The second kappa shape index (κ2) is 2.93. The van der Waals surface area contributed by atoms with Crippen LogP contribution in [0, 0.1) is 0 Å². The summed E-state index contributed by atoms with van der Waals surface area (Å²) < 4.78 is 0. The smallest absolute Gasteiger partial charge is 0.267 e. The number of rotatable bonds is 1. The number of carbonyl (C=O) groups excluding carboxylic acids is 1. The van der Waals surface area contributed by atoms with E-state index in [4.69, 9.17) is 5.73 Å². The van der Waals surface area contributed by atoms with E-state index < -0.39 is 5.91 Å². The van der Waals surface area contributed by atoms with Gasteiger partial charge in [0.1, 0.15) is 5.69 Å². The summed E-state index contributed by atoms with van der Waals surface area (Å²) in [6, 6.07) is 2.05. The van der Waals surface area contributed by atoms with Gasteiger partial charge >= 0.3 is 0 Å². The maximum Gasteiger partial charge on any atom is 0.267 e. The predicted molar refractivity (Wildman–Crippen MR) is 57.8 cm³/mol. The molecule has 0 atom stereocenters. The normalized spacial score (nSPS) is 13.3. The number of fused-ring (bicyclic) bond motifs is 3. The summed E-state index contributed by atoms with van der Waals surface area (Å²) in [7, 11) is 0. The van der Waals surface area contributed by atoms with E-state index in [-0.39, 0.29) is 0 Å². The number of nitrogens with zero attached hydrogens (tertiary/aromatic N) is 1.